The number of rotatable bonds is 3. The molecule has 0 saturated carbocycles. The van der Waals surface area contributed by atoms with Crippen molar-refractivity contribution >= 4 is 0 Å². The van der Waals surface area contributed by atoms with E-state index >= 15 is 0 Å². The van der Waals surface area contributed by atoms with E-state index in [4.69, 9.17) is 0 Å². The van der Waals surface area contributed by atoms with Crippen molar-refractivity contribution in [2.45, 2.75) is 19.4 Å². The van der Waals surface area contributed by atoms with Gasteiger partial charge in [0, 0.05) is 38.0 Å². The molecule has 5 heteroatoms. The highest BCUT2D eigenvalue weighted by atomic mass is 16.3. The van der Waals surface area contributed by atoms with E-state index in [9.17, 15) is 5.11 Å². The molecule has 1 atom stereocenters. The Labute approximate surface area is 94.3 Å². The lowest BCUT2D eigenvalue weighted by Gasteiger charge is -2.07. The summed E-state index contributed by atoms with van der Waals surface area (Å²) in [7, 11) is 3.72. The SMILES string of the molecule is Cc1cc(CC(O)c2cnn(C)c2)n(C)n1. The second kappa shape index (κ2) is 4.09. The van der Waals surface area contributed by atoms with E-state index in [0.717, 1.165) is 17.0 Å². The number of aromatic nitrogens is 4. The molecule has 0 aliphatic rings. The van der Waals surface area contributed by atoms with Crippen molar-refractivity contribution < 1.29 is 5.11 Å². The van der Waals surface area contributed by atoms with Gasteiger partial charge in [-0.25, -0.2) is 0 Å². The molecule has 1 unspecified atom stereocenters. The van der Waals surface area contributed by atoms with Gasteiger partial charge in [0.1, 0.15) is 0 Å². The Morgan fingerprint density at radius 1 is 1.44 bits per heavy atom. The van der Waals surface area contributed by atoms with Gasteiger partial charge >= 0.3 is 0 Å². The molecule has 16 heavy (non-hydrogen) atoms. The number of aryl methyl sites for hydroxylation is 3. The lowest BCUT2D eigenvalue weighted by Crippen LogP contribution is -2.05. The van der Waals surface area contributed by atoms with Gasteiger partial charge < -0.3 is 5.11 Å². The molecule has 0 radical (unpaired) electrons. The van der Waals surface area contributed by atoms with Crippen LogP contribution in [-0.2, 0) is 20.5 Å². The normalized spacial score (nSPS) is 13.0. The number of nitrogens with zero attached hydrogens (tertiary/aromatic N) is 4. The first-order valence-electron chi connectivity index (χ1n) is 5.22. The average molecular weight is 220 g/mol. The fourth-order valence-corrected chi connectivity index (χ4v) is 1.78. The van der Waals surface area contributed by atoms with Crippen LogP contribution in [-0.4, -0.2) is 24.7 Å². The predicted molar refractivity (Wildman–Crippen MR) is 59.8 cm³/mol. The zero-order valence-electron chi connectivity index (χ0n) is 9.75. The highest BCUT2D eigenvalue weighted by Crippen LogP contribution is 2.17. The maximum absolute atomic E-state index is 10.0. The van der Waals surface area contributed by atoms with E-state index in [1.807, 2.05) is 33.3 Å². The predicted octanol–water partition coefficient (Wildman–Crippen LogP) is 0.738. The molecule has 0 fully saturated rings. The third kappa shape index (κ3) is 2.14. The van der Waals surface area contributed by atoms with Crippen molar-refractivity contribution in [3.05, 3.63) is 35.4 Å². The lowest BCUT2D eigenvalue weighted by atomic mass is 10.1. The zero-order chi connectivity index (χ0) is 11.7. The van der Waals surface area contributed by atoms with Gasteiger partial charge in [-0.05, 0) is 13.0 Å². The summed E-state index contributed by atoms with van der Waals surface area (Å²) in [5.74, 6) is 0. The molecule has 2 aromatic heterocycles. The van der Waals surface area contributed by atoms with Gasteiger partial charge in [-0.1, -0.05) is 0 Å². The monoisotopic (exact) mass is 220 g/mol. The molecule has 1 N–H and O–H groups in total. The molecular formula is C11H16N4O. The van der Waals surface area contributed by atoms with Crippen LogP contribution in [0.2, 0.25) is 0 Å². The molecule has 0 saturated heterocycles. The Balaban J connectivity index is 2.13. The minimum atomic E-state index is -0.525. The fourth-order valence-electron chi connectivity index (χ4n) is 1.78. The first kappa shape index (κ1) is 10.9. The summed E-state index contributed by atoms with van der Waals surface area (Å²) >= 11 is 0. The van der Waals surface area contributed by atoms with Crippen LogP contribution in [0, 0.1) is 6.92 Å². The van der Waals surface area contributed by atoms with Crippen molar-refractivity contribution in [3.8, 4) is 0 Å². The Hall–Kier alpha value is -1.62. The van der Waals surface area contributed by atoms with Gasteiger partial charge in [0.2, 0.25) is 0 Å². The minimum absolute atomic E-state index is 0.525. The van der Waals surface area contributed by atoms with Crippen LogP contribution in [0.25, 0.3) is 0 Å². The number of hydrogen-bond acceptors (Lipinski definition) is 3. The van der Waals surface area contributed by atoms with E-state index in [1.54, 1.807) is 15.6 Å². The molecule has 2 aromatic rings. The van der Waals surface area contributed by atoms with E-state index < -0.39 is 6.10 Å². The Morgan fingerprint density at radius 3 is 2.69 bits per heavy atom. The molecule has 0 aliphatic heterocycles. The highest BCUT2D eigenvalue weighted by molar-refractivity contribution is 5.15. The van der Waals surface area contributed by atoms with Gasteiger partial charge in [-0.2, -0.15) is 10.2 Å². The van der Waals surface area contributed by atoms with Crippen LogP contribution in [0.4, 0.5) is 0 Å². The Bertz CT molecular complexity index is 486. The molecule has 0 aliphatic carbocycles. The van der Waals surface area contributed by atoms with Crippen molar-refractivity contribution in [2.75, 3.05) is 0 Å². The molecule has 86 valence electrons. The van der Waals surface area contributed by atoms with Crippen LogP contribution in [0.1, 0.15) is 23.1 Å². The molecule has 0 spiro atoms. The molecule has 0 bridgehead atoms. The standard InChI is InChI=1S/C11H16N4O/c1-8-4-10(15(3)13-8)5-11(16)9-6-12-14(2)7-9/h4,6-7,11,16H,5H2,1-3H3. The van der Waals surface area contributed by atoms with E-state index in [2.05, 4.69) is 10.2 Å². The second-order valence-corrected chi connectivity index (χ2v) is 4.07. The summed E-state index contributed by atoms with van der Waals surface area (Å²) in [6, 6.07) is 1.99. The van der Waals surface area contributed by atoms with Crippen LogP contribution >= 0.6 is 0 Å². The molecule has 0 amide bonds. The maximum Gasteiger partial charge on any atom is 0.0875 e. The third-order valence-corrected chi connectivity index (χ3v) is 2.61. The molecular weight excluding hydrogens is 204 g/mol. The minimum Gasteiger partial charge on any atom is -0.388 e. The summed E-state index contributed by atoms with van der Waals surface area (Å²) in [5.41, 5.74) is 2.83. The summed E-state index contributed by atoms with van der Waals surface area (Å²) in [6.45, 7) is 1.94. The number of aliphatic hydroxyl groups excluding tert-OH is 1. The van der Waals surface area contributed by atoms with Crippen molar-refractivity contribution in [2.24, 2.45) is 14.1 Å². The van der Waals surface area contributed by atoms with Gasteiger partial charge in [-0.15, -0.1) is 0 Å². The first-order valence-corrected chi connectivity index (χ1v) is 5.22. The summed E-state index contributed by atoms with van der Waals surface area (Å²) in [5, 5.41) is 18.3. The fraction of sp³-hybridized carbons (Fsp3) is 0.455. The molecule has 0 aromatic carbocycles. The average Bonchev–Trinajstić information content (AvgIpc) is 2.74. The number of hydrogen-bond donors (Lipinski definition) is 1. The van der Waals surface area contributed by atoms with Crippen LogP contribution in [0.5, 0.6) is 0 Å². The van der Waals surface area contributed by atoms with Gasteiger partial charge in [0.15, 0.2) is 0 Å². The van der Waals surface area contributed by atoms with Gasteiger partial charge in [0.05, 0.1) is 18.0 Å². The zero-order valence-corrected chi connectivity index (χ0v) is 9.75. The van der Waals surface area contributed by atoms with Crippen LogP contribution in [0.3, 0.4) is 0 Å². The van der Waals surface area contributed by atoms with Crippen molar-refractivity contribution in [3.63, 3.8) is 0 Å². The second-order valence-electron chi connectivity index (χ2n) is 4.07. The summed E-state index contributed by atoms with van der Waals surface area (Å²) < 4.78 is 3.49. The van der Waals surface area contributed by atoms with Gasteiger partial charge in [-0.3, -0.25) is 9.36 Å². The molecule has 2 rings (SSSR count). The van der Waals surface area contributed by atoms with Gasteiger partial charge in [0.25, 0.3) is 0 Å². The van der Waals surface area contributed by atoms with E-state index in [-0.39, 0.29) is 0 Å². The molecule has 2 heterocycles. The largest absolute Gasteiger partial charge is 0.388 e. The smallest absolute Gasteiger partial charge is 0.0875 e. The highest BCUT2D eigenvalue weighted by Gasteiger charge is 2.13. The van der Waals surface area contributed by atoms with Crippen molar-refractivity contribution in [1.29, 1.82) is 0 Å². The van der Waals surface area contributed by atoms with Crippen LogP contribution < -0.4 is 0 Å². The number of aliphatic hydroxyl groups is 1. The molecule has 5 nitrogen and oxygen atoms in total. The third-order valence-electron chi connectivity index (χ3n) is 2.61. The quantitative estimate of drug-likeness (QED) is 0.830. The first-order chi connectivity index (χ1) is 7.56. The maximum atomic E-state index is 10.0. The summed E-state index contributed by atoms with van der Waals surface area (Å²) in [4.78, 5) is 0. The Kier molecular flexibility index (Phi) is 2.78. The summed E-state index contributed by atoms with van der Waals surface area (Å²) in [6.07, 6.45) is 3.55. The lowest BCUT2D eigenvalue weighted by molar-refractivity contribution is 0.175. The van der Waals surface area contributed by atoms with Crippen molar-refractivity contribution in [1.82, 2.24) is 19.6 Å². The topological polar surface area (TPSA) is 55.9 Å². The van der Waals surface area contributed by atoms with E-state index in [1.165, 1.54) is 0 Å². The van der Waals surface area contributed by atoms with E-state index in [0.29, 0.717) is 6.42 Å². The Morgan fingerprint density at radius 2 is 2.19 bits per heavy atom. The van der Waals surface area contributed by atoms with Crippen LogP contribution in [0.15, 0.2) is 18.5 Å².